The Balaban J connectivity index is 2.10. The number of ether oxygens (including phenoxy) is 4. The maximum absolute atomic E-state index is 13.9. The zero-order valence-electron chi connectivity index (χ0n) is 21.9. The fourth-order valence-electron chi connectivity index (χ4n) is 3.93. The zero-order valence-corrected chi connectivity index (χ0v) is 22.9. The van der Waals surface area contributed by atoms with Gasteiger partial charge >= 0.3 is 6.18 Å². The van der Waals surface area contributed by atoms with Gasteiger partial charge in [-0.05, 0) is 55.1 Å². The molecule has 6 nitrogen and oxygen atoms in total. The molecule has 5 atom stereocenters. The summed E-state index contributed by atoms with van der Waals surface area (Å²) in [6, 6.07) is 7.40. The SMILES string of the molecule is COc1ccc(CO[C@@H]2[C@@H](OC)[C@@H](CCC(O[Si](C)(C)C(C)(C)C)C(F)(F)F)O[C@H]2CCO)cc1. The van der Waals surface area contributed by atoms with Crippen molar-refractivity contribution in [2.75, 3.05) is 20.8 Å². The quantitative estimate of drug-likeness (QED) is 0.367. The largest absolute Gasteiger partial charge is 0.497 e. The number of benzene rings is 1. The first-order valence-corrected chi connectivity index (χ1v) is 14.9. The Labute approximate surface area is 208 Å². The van der Waals surface area contributed by atoms with Gasteiger partial charge in [0.15, 0.2) is 8.32 Å². The predicted molar refractivity (Wildman–Crippen MR) is 130 cm³/mol. The number of aliphatic hydroxyl groups excluding tert-OH is 1. The first-order valence-electron chi connectivity index (χ1n) is 12.0. The third-order valence-electron chi connectivity index (χ3n) is 7.02. The summed E-state index contributed by atoms with van der Waals surface area (Å²) in [6.45, 7) is 9.52. The van der Waals surface area contributed by atoms with Crippen LogP contribution in [-0.2, 0) is 25.2 Å². The molecule has 1 heterocycles. The molecule has 1 aliphatic rings. The first-order chi connectivity index (χ1) is 16.2. The van der Waals surface area contributed by atoms with Crippen LogP contribution in [0.5, 0.6) is 5.75 Å². The number of hydrogen-bond acceptors (Lipinski definition) is 6. The van der Waals surface area contributed by atoms with Crippen molar-refractivity contribution < 1.29 is 41.7 Å². The minimum Gasteiger partial charge on any atom is -0.497 e. The van der Waals surface area contributed by atoms with Crippen LogP contribution in [0.3, 0.4) is 0 Å². The summed E-state index contributed by atoms with van der Waals surface area (Å²) in [5.74, 6) is 0.727. The molecule has 0 radical (unpaired) electrons. The van der Waals surface area contributed by atoms with Gasteiger partial charge in [0, 0.05) is 13.7 Å². The van der Waals surface area contributed by atoms with Gasteiger partial charge in [0.2, 0.25) is 0 Å². The molecular formula is C25H41F3O6Si. The van der Waals surface area contributed by atoms with Gasteiger partial charge in [-0.3, -0.25) is 0 Å². The average Bonchev–Trinajstić information content (AvgIpc) is 3.10. The third kappa shape index (κ3) is 8.16. The molecule has 1 saturated heterocycles. The average molecular weight is 523 g/mol. The van der Waals surface area contributed by atoms with Crippen molar-refractivity contribution in [3.8, 4) is 5.75 Å². The van der Waals surface area contributed by atoms with Crippen molar-refractivity contribution in [2.45, 2.75) is 101 Å². The Kier molecular flexibility index (Phi) is 10.6. The highest BCUT2D eigenvalue weighted by Crippen LogP contribution is 2.41. The molecule has 0 aromatic heterocycles. The summed E-state index contributed by atoms with van der Waals surface area (Å²) in [5.41, 5.74) is 0.909. The van der Waals surface area contributed by atoms with Gasteiger partial charge in [-0.15, -0.1) is 0 Å². The molecule has 0 aliphatic carbocycles. The molecule has 0 saturated carbocycles. The predicted octanol–water partition coefficient (Wildman–Crippen LogP) is 5.48. The van der Waals surface area contributed by atoms with E-state index in [0.29, 0.717) is 6.42 Å². The second-order valence-corrected chi connectivity index (χ2v) is 15.3. The summed E-state index contributed by atoms with van der Waals surface area (Å²) in [5, 5.41) is 9.16. The van der Waals surface area contributed by atoms with E-state index < -0.39 is 45.0 Å². The highest BCUT2D eigenvalue weighted by Gasteiger charge is 2.50. The Morgan fingerprint density at radius 2 is 1.60 bits per heavy atom. The first kappa shape index (κ1) is 30.1. The Bertz CT molecular complexity index is 766. The molecule has 0 bridgehead atoms. The minimum atomic E-state index is -4.48. The van der Waals surface area contributed by atoms with Crippen LogP contribution in [-0.4, -0.2) is 70.9 Å². The summed E-state index contributed by atoms with van der Waals surface area (Å²) in [7, 11) is 0.452. The van der Waals surface area contributed by atoms with E-state index in [2.05, 4.69) is 0 Å². The van der Waals surface area contributed by atoms with Gasteiger partial charge in [0.05, 0.1) is 25.9 Å². The maximum Gasteiger partial charge on any atom is 0.413 e. The van der Waals surface area contributed by atoms with E-state index >= 15 is 0 Å². The molecule has 1 aromatic carbocycles. The molecule has 1 aliphatic heterocycles. The summed E-state index contributed by atoms with van der Waals surface area (Å²) < 4.78 is 70.4. The molecule has 1 N–H and O–H groups in total. The highest BCUT2D eigenvalue weighted by molar-refractivity contribution is 6.74. The van der Waals surface area contributed by atoms with Gasteiger partial charge in [-0.2, -0.15) is 13.2 Å². The second kappa shape index (κ2) is 12.4. The van der Waals surface area contributed by atoms with Crippen LogP contribution in [0.15, 0.2) is 24.3 Å². The lowest BCUT2D eigenvalue weighted by molar-refractivity contribution is -0.202. The molecule has 0 amide bonds. The van der Waals surface area contributed by atoms with E-state index in [1.807, 2.05) is 58.1 Å². The molecular weight excluding hydrogens is 481 g/mol. The zero-order chi connectivity index (χ0) is 26.4. The lowest BCUT2D eigenvalue weighted by Gasteiger charge is -2.40. The number of aliphatic hydroxyl groups is 1. The van der Waals surface area contributed by atoms with Crippen LogP contribution >= 0.6 is 0 Å². The maximum atomic E-state index is 13.9. The molecule has 0 spiro atoms. The lowest BCUT2D eigenvalue weighted by atomic mass is 10.0. The number of rotatable bonds is 12. The Hall–Kier alpha value is -1.17. The van der Waals surface area contributed by atoms with E-state index in [-0.39, 0.29) is 31.1 Å². The molecule has 202 valence electrons. The summed E-state index contributed by atoms with van der Waals surface area (Å²) >= 11 is 0. The molecule has 1 unspecified atom stereocenters. The smallest absolute Gasteiger partial charge is 0.413 e. The van der Waals surface area contributed by atoms with Gasteiger partial charge in [0.1, 0.15) is 24.1 Å². The highest BCUT2D eigenvalue weighted by atomic mass is 28.4. The molecule has 1 fully saturated rings. The lowest BCUT2D eigenvalue weighted by Crippen LogP contribution is -2.48. The van der Waals surface area contributed by atoms with E-state index in [1.165, 1.54) is 7.11 Å². The molecule has 35 heavy (non-hydrogen) atoms. The van der Waals surface area contributed by atoms with Crippen molar-refractivity contribution >= 4 is 8.32 Å². The van der Waals surface area contributed by atoms with Crippen molar-refractivity contribution in [3.63, 3.8) is 0 Å². The summed E-state index contributed by atoms with van der Waals surface area (Å²) in [4.78, 5) is 0. The second-order valence-electron chi connectivity index (χ2n) is 10.5. The van der Waals surface area contributed by atoms with Crippen LogP contribution in [0.4, 0.5) is 13.2 Å². The fourth-order valence-corrected chi connectivity index (χ4v) is 5.25. The summed E-state index contributed by atoms with van der Waals surface area (Å²) in [6.07, 6.45) is -8.38. The Morgan fingerprint density at radius 1 is 1.00 bits per heavy atom. The standard InChI is InChI=1S/C25H41F3O6Si/c1-24(2,3)35(6,7)34-21(25(26,27)28)13-12-19-22(31-5)23(20(33-19)14-15-29)32-16-17-8-10-18(30-4)11-9-17/h8-11,19-23,29H,12-16H2,1-7H3/t19-,20+,21?,22+,23+/m1/s1. The monoisotopic (exact) mass is 522 g/mol. The van der Waals surface area contributed by atoms with Gasteiger partial charge in [0.25, 0.3) is 0 Å². The molecule has 2 rings (SSSR count). The van der Waals surface area contributed by atoms with Gasteiger partial charge < -0.3 is 28.5 Å². The topological polar surface area (TPSA) is 66.4 Å². The van der Waals surface area contributed by atoms with Crippen LogP contribution in [0, 0.1) is 0 Å². The van der Waals surface area contributed by atoms with Crippen LogP contribution in [0.2, 0.25) is 18.1 Å². The molecule has 10 heteroatoms. The van der Waals surface area contributed by atoms with Crippen molar-refractivity contribution in [1.29, 1.82) is 0 Å². The van der Waals surface area contributed by atoms with Gasteiger partial charge in [-0.1, -0.05) is 32.9 Å². The van der Waals surface area contributed by atoms with Crippen molar-refractivity contribution in [3.05, 3.63) is 29.8 Å². The van der Waals surface area contributed by atoms with E-state index in [1.54, 1.807) is 7.11 Å². The number of methoxy groups -OCH3 is 2. The van der Waals surface area contributed by atoms with Crippen molar-refractivity contribution in [1.82, 2.24) is 0 Å². The minimum absolute atomic E-state index is 0.0988. The van der Waals surface area contributed by atoms with E-state index in [9.17, 15) is 18.3 Å². The number of halogens is 3. The van der Waals surface area contributed by atoms with Crippen molar-refractivity contribution in [2.24, 2.45) is 0 Å². The third-order valence-corrected chi connectivity index (χ3v) is 11.5. The van der Waals surface area contributed by atoms with Crippen LogP contribution in [0.1, 0.15) is 45.6 Å². The number of alkyl halides is 3. The Morgan fingerprint density at radius 3 is 2.09 bits per heavy atom. The number of hydrogen-bond donors (Lipinski definition) is 1. The molecule has 1 aromatic rings. The van der Waals surface area contributed by atoms with E-state index in [0.717, 1.165) is 11.3 Å². The van der Waals surface area contributed by atoms with E-state index in [4.69, 9.17) is 23.4 Å². The van der Waals surface area contributed by atoms with Crippen LogP contribution < -0.4 is 4.74 Å². The van der Waals surface area contributed by atoms with Crippen LogP contribution in [0.25, 0.3) is 0 Å². The van der Waals surface area contributed by atoms with Gasteiger partial charge in [-0.25, -0.2) is 0 Å². The normalized spacial score (nSPS) is 24.5. The fraction of sp³-hybridized carbons (Fsp3) is 0.760.